The summed E-state index contributed by atoms with van der Waals surface area (Å²) in [4.78, 5) is 13.8. The second-order valence-electron chi connectivity index (χ2n) is 5.10. The molecule has 3 nitrogen and oxygen atoms in total. The van der Waals surface area contributed by atoms with Crippen molar-refractivity contribution in [3.05, 3.63) is 0 Å². The van der Waals surface area contributed by atoms with Gasteiger partial charge in [-0.1, -0.05) is 12.8 Å². The van der Waals surface area contributed by atoms with E-state index in [0.717, 1.165) is 0 Å². The first-order valence-electron chi connectivity index (χ1n) is 6.97. The zero-order valence-corrected chi connectivity index (χ0v) is 11.4. The third-order valence-electron chi connectivity index (χ3n) is 3.83. The van der Waals surface area contributed by atoms with Crippen molar-refractivity contribution in [2.75, 3.05) is 19.6 Å². The highest BCUT2D eigenvalue weighted by atomic mass is 19.4. The Bertz CT molecular complexity index is 294. The minimum atomic E-state index is -4.27. The van der Waals surface area contributed by atoms with Crippen molar-refractivity contribution in [1.82, 2.24) is 4.90 Å². The third-order valence-corrected chi connectivity index (χ3v) is 3.83. The summed E-state index contributed by atoms with van der Waals surface area (Å²) in [5.74, 6) is -2.72. The SMILES string of the molecule is CCN(CCCN)C(=O)C1CCCCC1C(F)(F)F. The van der Waals surface area contributed by atoms with Gasteiger partial charge in [-0.25, -0.2) is 0 Å². The van der Waals surface area contributed by atoms with Gasteiger partial charge < -0.3 is 10.6 Å². The van der Waals surface area contributed by atoms with Crippen molar-refractivity contribution in [3.63, 3.8) is 0 Å². The molecular weight excluding hydrogens is 257 g/mol. The highest BCUT2D eigenvalue weighted by Gasteiger charge is 2.48. The molecule has 1 rings (SSSR count). The summed E-state index contributed by atoms with van der Waals surface area (Å²) in [7, 11) is 0. The summed E-state index contributed by atoms with van der Waals surface area (Å²) in [5.41, 5.74) is 5.39. The summed E-state index contributed by atoms with van der Waals surface area (Å²) >= 11 is 0. The van der Waals surface area contributed by atoms with E-state index in [1.807, 2.05) is 0 Å². The molecule has 112 valence electrons. The van der Waals surface area contributed by atoms with E-state index in [1.165, 1.54) is 4.90 Å². The molecule has 1 fully saturated rings. The van der Waals surface area contributed by atoms with E-state index in [9.17, 15) is 18.0 Å². The maximum absolute atomic E-state index is 13.0. The number of carbonyl (C=O) groups is 1. The second kappa shape index (κ2) is 7.12. The van der Waals surface area contributed by atoms with E-state index >= 15 is 0 Å². The van der Waals surface area contributed by atoms with Crippen molar-refractivity contribution in [2.45, 2.75) is 45.2 Å². The number of halogens is 3. The minimum Gasteiger partial charge on any atom is -0.343 e. The zero-order chi connectivity index (χ0) is 14.5. The number of hydrogen-bond acceptors (Lipinski definition) is 2. The molecule has 1 saturated carbocycles. The number of nitrogens with zero attached hydrogens (tertiary/aromatic N) is 1. The van der Waals surface area contributed by atoms with Crippen LogP contribution in [0.3, 0.4) is 0 Å². The highest BCUT2D eigenvalue weighted by Crippen LogP contribution is 2.42. The van der Waals surface area contributed by atoms with Gasteiger partial charge in [-0.3, -0.25) is 4.79 Å². The van der Waals surface area contributed by atoms with Crippen LogP contribution in [0.15, 0.2) is 0 Å². The predicted octanol–water partition coefficient (Wildman–Crippen LogP) is 2.55. The lowest BCUT2D eigenvalue weighted by molar-refractivity contribution is -0.200. The van der Waals surface area contributed by atoms with Gasteiger partial charge in [0.05, 0.1) is 5.92 Å². The Hall–Kier alpha value is -0.780. The van der Waals surface area contributed by atoms with Gasteiger partial charge in [0.1, 0.15) is 0 Å². The number of alkyl halides is 3. The lowest BCUT2D eigenvalue weighted by atomic mass is 9.78. The molecule has 0 aliphatic heterocycles. The molecule has 0 aromatic rings. The molecule has 0 bridgehead atoms. The van der Waals surface area contributed by atoms with Crippen molar-refractivity contribution in [1.29, 1.82) is 0 Å². The summed E-state index contributed by atoms with van der Waals surface area (Å²) < 4.78 is 38.9. The van der Waals surface area contributed by atoms with Crippen LogP contribution >= 0.6 is 0 Å². The Labute approximate surface area is 112 Å². The van der Waals surface area contributed by atoms with Crippen LogP contribution in [0.5, 0.6) is 0 Å². The van der Waals surface area contributed by atoms with Crippen molar-refractivity contribution < 1.29 is 18.0 Å². The molecule has 1 aliphatic carbocycles. The van der Waals surface area contributed by atoms with Gasteiger partial charge in [-0.2, -0.15) is 13.2 Å². The van der Waals surface area contributed by atoms with Crippen LogP contribution < -0.4 is 5.73 Å². The molecule has 19 heavy (non-hydrogen) atoms. The molecule has 0 aromatic heterocycles. The van der Waals surface area contributed by atoms with E-state index in [0.29, 0.717) is 45.3 Å². The number of carbonyl (C=O) groups excluding carboxylic acids is 1. The largest absolute Gasteiger partial charge is 0.392 e. The molecule has 0 spiro atoms. The third kappa shape index (κ3) is 4.37. The lowest BCUT2D eigenvalue weighted by Crippen LogP contribution is -2.45. The molecule has 0 radical (unpaired) electrons. The summed E-state index contributed by atoms with van der Waals surface area (Å²) in [5, 5.41) is 0. The quantitative estimate of drug-likeness (QED) is 0.841. The summed E-state index contributed by atoms with van der Waals surface area (Å²) in [6.45, 7) is 3.13. The van der Waals surface area contributed by atoms with Gasteiger partial charge in [0.2, 0.25) is 5.91 Å². The summed E-state index contributed by atoms with van der Waals surface area (Å²) in [6, 6.07) is 0. The van der Waals surface area contributed by atoms with Crippen LogP contribution in [0.25, 0.3) is 0 Å². The van der Waals surface area contributed by atoms with E-state index in [2.05, 4.69) is 0 Å². The molecule has 2 N–H and O–H groups in total. The number of nitrogens with two attached hydrogens (primary N) is 1. The maximum atomic E-state index is 13.0. The van der Waals surface area contributed by atoms with E-state index in [1.54, 1.807) is 6.92 Å². The Morgan fingerprint density at radius 3 is 2.47 bits per heavy atom. The molecule has 6 heteroatoms. The van der Waals surface area contributed by atoms with Gasteiger partial charge in [0.15, 0.2) is 0 Å². The van der Waals surface area contributed by atoms with Crippen LogP contribution in [-0.2, 0) is 4.79 Å². The van der Waals surface area contributed by atoms with Crippen molar-refractivity contribution >= 4 is 5.91 Å². The van der Waals surface area contributed by atoms with Gasteiger partial charge in [0.25, 0.3) is 0 Å². The van der Waals surface area contributed by atoms with Crippen LogP contribution in [0.1, 0.15) is 39.0 Å². The van der Waals surface area contributed by atoms with Gasteiger partial charge in [-0.05, 0) is 32.7 Å². The molecule has 2 unspecified atom stereocenters. The molecule has 0 aromatic carbocycles. The van der Waals surface area contributed by atoms with Crippen molar-refractivity contribution in [3.8, 4) is 0 Å². The first kappa shape index (κ1) is 16.3. The topological polar surface area (TPSA) is 46.3 Å². The average molecular weight is 280 g/mol. The summed E-state index contributed by atoms with van der Waals surface area (Å²) in [6.07, 6.45) is -1.95. The number of rotatable bonds is 5. The van der Waals surface area contributed by atoms with Crippen LogP contribution in [-0.4, -0.2) is 36.6 Å². The molecule has 1 aliphatic rings. The van der Waals surface area contributed by atoms with E-state index in [-0.39, 0.29) is 12.3 Å². The number of amides is 1. The molecular formula is C13H23F3N2O. The Kier molecular flexibility index (Phi) is 6.10. The Morgan fingerprint density at radius 2 is 1.95 bits per heavy atom. The lowest BCUT2D eigenvalue weighted by Gasteiger charge is -2.35. The average Bonchev–Trinajstić information content (AvgIpc) is 2.38. The van der Waals surface area contributed by atoms with Gasteiger partial charge in [0, 0.05) is 19.0 Å². The van der Waals surface area contributed by atoms with Gasteiger partial charge >= 0.3 is 6.18 Å². The fraction of sp³-hybridized carbons (Fsp3) is 0.923. The molecule has 2 atom stereocenters. The van der Waals surface area contributed by atoms with E-state index < -0.39 is 18.0 Å². The maximum Gasteiger partial charge on any atom is 0.392 e. The number of hydrogen-bond donors (Lipinski definition) is 1. The Balaban J connectivity index is 2.75. The first-order chi connectivity index (χ1) is 8.91. The zero-order valence-electron chi connectivity index (χ0n) is 11.4. The first-order valence-corrected chi connectivity index (χ1v) is 6.97. The van der Waals surface area contributed by atoms with E-state index in [4.69, 9.17) is 5.73 Å². The van der Waals surface area contributed by atoms with Crippen LogP contribution in [0, 0.1) is 11.8 Å². The normalized spacial score (nSPS) is 24.3. The molecule has 0 saturated heterocycles. The highest BCUT2D eigenvalue weighted by molar-refractivity contribution is 5.79. The van der Waals surface area contributed by atoms with Crippen molar-refractivity contribution in [2.24, 2.45) is 17.6 Å². The fourth-order valence-electron chi connectivity index (χ4n) is 2.76. The smallest absolute Gasteiger partial charge is 0.343 e. The monoisotopic (exact) mass is 280 g/mol. The second-order valence-corrected chi connectivity index (χ2v) is 5.10. The minimum absolute atomic E-state index is 0.0777. The fourth-order valence-corrected chi connectivity index (χ4v) is 2.76. The predicted molar refractivity (Wildman–Crippen MR) is 67.4 cm³/mol. The van der Waals surface area contributed by atoms with Crippen LogP contribution in [0.2, 0.25) is 0 Å². The van der Waals surface area contributed by atoms with Crippen LogP contribution in [0.4, 0.5) is 13.2 Å². The Morgan fingerprint density at radius 1 is 1.32 bits per heavy atom. The van der Waals surface area contributed by atoms with Gasteiger partial charge in [-0.15, -0.1) is 0 Å². The molecule has 1 amide bonds. The molecule has 0 heterocycles. The standard InChI is InChI=1S/C13H23F3N2O/c1-2-18(9-5-8-17)12(19)10-6-3-4-7-11(10)13(14,15)16/h10-11H,2-9,17H2,1H3.